The topological polar surface area (TPSA) is 55.3 Å². The molecule has 2 heterocycles. The maximum absolute atomic E-state index is 13.3. The van der Waals surface area contributed by atoms with Crippen LogP contribution in [0.2, 0.25) is 0 Å². The van der Waals surface area contributed by atoms with Gasteiger partial charge in [-0.1, -0.05) is 89.9 Å². The van der Waals surface area contributed by atoms with Crippen LogP contribution < -0.4 is 4.90 Å². The van der Waals surface area contributed by atoms with Gasteiger partial charge in [0.05, 0.1) is 11.3 Å². The number of carbonyl (C=O) groups is 1. The molecule has 0 fully saturated rings. The van der Waals surface area contributed by atoms with Gasteiger partial charge in [-0.2, -0.15) is 0 Å². The van der Waals surface area contributed by atoms with Crippen molar-refractivity contribution in [3.63, 3.8) is 0 Å². The summed E-state index contributed by atoms with van der Waals surface area (Å²) in [5.74, 6) is 0.363. The number of ether oxygens (including phenoxy) is 1. The molecule has 0 radical (unpaired) electrons. The molecular formula is C29H21Cl2N3O2. The summed E-state index contributed by atoms with van der Waals surface area (Å²) < 4.78 is 3.97. The molecule has 3 aromatic carbocycles. The number of anilines is 2. The zero-order valence-electron chi connectivity index (χ0n) is 19.1. The second-order valence-electron chi connectivity index (χ2n) is 8.73. The lowest BCUT2D eigenvalue weighted by Gasteiger charge is -2.44. The second kappa shape index (κ2) is 9.08. The minimum Gasteiger partial charge on any atom is -0.423 e. The number of hydrogen-bond acceptors (Lipinski definition) is 5. The maximum Gasteiger partial charge on any atom is 0.350 e. The number of aromatic nitrogens is 2. The highest BCUT2D eigenvalue weighted by atomic mass is 35.5. The van der Waals surface area contributed by atoms with Gasteiger partial charge in [0.2, 0.25) is 4.33 Å². The summed E-state index contributed by atoms with van der Waals surface area (Å²) in [6.45, 7) is 0. The number of alkyl halides is 2. The molecule has 1 aromatic heterocycles. The van der Waals surface area contributed by atoms with Crippen molar-refractivity contribution >= 4 is 46.3 Å². The van der Waals surface area contributed by atoms with E-state index in [2.05, 4.69) is 4.98 Å². The zero-order chi connectivity index (χ0) is 24.7. The quantitative estimate of drug-likeness (QED) is 0.223. The van der Waals surface area contributed by atoms with Crippen LogP contribution >= 0.6 is 23.2 Å². The van der Waals surface area contributed by atoms with Gasteiger partial charge in [0.1, 0.15) is 11.8 Å². The van der Waals surface area contributed by atoms with Crippen LogP contribution in [0.4, 0.5) is 11.4 Å². The van der Waals surface area contributed by atoms with Crippen LogP contribution in [-0.2, 0) is 16.0 Å². The fraction of sp³-hybridized carbons (Fsp3) is 0.138. The van der Waals surface area contributed by atoms with E-state index in [9.17, 15) is 4.79 Å². The monoisotopic (exact) mass is 513 g/mol. The fourth-order valence-corrected chi connectivity index (χ4v) is 5.41. The van der Waals surface area contributed by atoms with Gasteiger partial charge in [-0.05, 0) is 37.1 Å². The van der Waals surface area contributed by atoms with E-state index in [0.717, 1.165) is 28.2 Å². The molecule has 0 amide bonds. The maximum atomic E-state index is 13.3. The van der Waals surface area contributed by atoms with E-state index in [4.69, 9.17) is 32.9 Å². The molecule has 0 bridgehead atoms. The molecule has 0 N–H and O–H groups in total. The largest absolute Gasteiger partial charge is 0.423 e. The molecule has 7 heteroatoms. The minimum atomic E-state index is -1.83. The van der Waals surface area contributed by atoms with Crippen molar-refractivity contribution < 1.29 is 9.53 Å². The van der Waals surface area contributed by atoms with E-state index in [0.29, 0.717) is 30.0 Å². The van der Waals surface area contributed by atoms with Crippen LogP contribution in [0.1, 0.15) is 17.7 Å². The number of benzene rings is 3. The predicted molar refractivity (Wildman–Crippen MR) is 142 cm³/mol. The van der Waals surface area contributed by atoms with Crippen LogP contribution in [0.15, 0.2) is 103 Å². The Balaban J connectivity index is 1.52. The van der Waals surface area contributed by atoms with E-state index in [1.54, 1.807) is 6.20 Å². The van der Waals surface area contributed by atoms with Crippen LogP contribution in [0, 0.1) is 0 Å². The summed E-state index contributed by atoms with van der Waals surface area (Å²) >= 11 is 13.6. The molecule has 5 nitrogen and oxygen atoms in total. The van der Waals surface area contributed by atoms with Gasteiger partial charge < -0.3 is 9.64 Å². The molecular weight excluding hydrogens is 493 g/mol. The van der Waals surface area contributed by atoms with E-state index in [1.165, 1.54) is 0 Å². The first kappa shape index (κ1) is 22.8. The van der Waals surface area contributed by atoms with Gasteiger partial charge in [-0.3, -0.25) is 0 Å². The van der Waals surface area contributed by atoms with Crippen molar-refractivity contribution in [2.45, 2.75) is 23.2 Å². The smallest absolute Gasteiger partial charge is 0.350 e. The molecule has 1 unspecified atom stereocenters. The van der Waals surface area contributed by atoms with Crippen molar-refractivity contribution in [3.8, 4) is 11.4 Å². The Hall–Kier alpha value is -3.67. The van der Waals surface area contributed by atoms with Gasteiger partial charge in [0, 0.05) is 28.7 Å². The molecule has 4 aromatic rings. The second-order valence-corrected chi connectivity index (χ2v) is 10.1. The lowest BCUT2D eigenvalue weighted by Crippen LogP contribution is -2.54. The Morgan fingerprint density at radius 3 is 2.03 bits per heavy atom. The number of nitrogens with zero attached hydrogens (tertiary/aromatic N) is 3. The first-order valence-electron chi connectivity index (χ1n) is 11.7. The number of halogens is 2. The zero-order valence-corrected chi connectivity index (χ0v) is 20.7. The van der Waals surface area contributed by atoms with Gasteiger partial charge in [0.25, 0.3) is 0 Å². The van der Waals surface area contributed by atoms with Crippen LogP contribution in [0.3, 0.4) is 0 Å². The number of para-hydroxylation sites is 2. The minimum absolute atomic E-state index is 0.444. The SMILES string of the molecule is O=C1OC2=C(CCc3nc(-c4ccccc4)ncc32)C(N(c2ccccc2)c2ccccc2)C1(Cl)Cl. The first-order valence-corrected chi connectivity index (χ1v) is 12.4. The first-order chi connectivity index (χ1) is 17.5. The molecule has 0 saturated carbocycles. The molecule has 178 valence electrons. The average molecular weight is 514 g/mol. The Kier molecular flexibility index (Phi) is 5.75. The highest BCUT2D eigenvalue weighted by molar-refractivity contribution is 6.59. The van der Waals surface area contributed by atoms with Gasteiger partial charge in [-0.25, -0.2) is 14.8 Å². The summed E-state index contributed by atoms with van der Waals surface area (Å²) in [6.07, 6.45) is 2.96. The highest BCUT2D eigenvalue weighted by Gasteiger charge is 2.55. The standard InChI is InChI=1S/C29H21Cl2N3O2/c30-29(31)26(34(20-12-6-2-7-13-20)21-14-8-3-9-15-21)22-16-17-24-23(25(22)36-28(29)35)18-32-27(33-24)19-10-4-1-5-11-19/h1-15,18,26H,16-17H2. The van der Waals surface area contributed by atoms with Crippen molar-refractivity contribution in [1.29, 1.82) is 0 Å². The van der Waals surface area contributed by atoms with Gasteiger partial charge in [0.15, 0.2) is 5.82 Å². The number of rotatable bonds is 4. The number of esters is 1. The van der Waals surface area contributed by atoms with Gasteiger partial charge in [-0.15, -0.1) is 0 Å². The molecule has 0 saturated heterocycles. The number of hydrogen-bond donors (Lipinski definition) is 0. The molecule has 2 aliphatic rings. The summed E-state index contributed by atoms with van der Waals surface area (Å²) in [5, 5.41) is 0. The molecule has 1 atom stereocenters. The predicted octanol–water partition coefficient (Wildman–Crippen LogP) is 6.74. The van der Waals surface area contributed by atoms with Crippen molar-refractivity contribution in [3.05, 3.63) is 114 Å². The Labute approximate surface area is 219 Å². The van der Waals surface area contributed by atoms with E-state index >= 15 is 0 Å². The molecule has 1 aliphatic carbocycles. The molecule has 36 heavy (non-hydrogen) atoms. The summed E-state index contributed by atoms with van der Waals surface area (Å²) in [7, 11) is 0. The normalized spacial score (nSPS) is 18.2. The van der Waals surface area contributed by atoms with Crippen molar-refractivity contribution in [1.82, 2.24) is 9.97 Å². The van der Waals surface area contributed by atoms with Crippen LogP contribution in [0.25, 0.3) is 17.1 Å². The Bertz CT molecular complexity index is 1420. The molecule has 1 aliphatic heterocycles. The van der Waals surface area contributed by atoms with Gasteiger partial charge >= 0.3 is 5.97 Å². The Morgan fingerprint density at radius 1 is 0.833 bits per heavy atom. The van der Waals surface area contributed by atoms with Crippen molar-refractivity contribution in [2.75, 3.05) is 4.90 Å². The third-order valence-corrected chi connectivity index (χ3v) is 7.26. The summed E-state index contributed by atoms with van der Waals surface area (Å²) in [5.41, 5.74) is 5.02. The lowest BCUT2D eigenvalue weighted by molar-refractivity contribution is -0.138. The summed E-state index contributed by atoms with van der Waals surface area (Å²) in [4.78, 5) is 24.7. The fourth-order valence-electron chi connectivity index (χ4n) is 4.88. The summed E-state index contributed by atoms with van der Waals surface area (Å²) in [6, 6.07) is 28.7. The highest BCUT2D eigenvalue weighted by Crippen LogP contribution is 2.49. The number of fused-ring (bicyclic) bond motifs is 2. The average Bonchev–Trinajstić information content (AvgIpc) is 2.92. The third kappa shape index (κ3) is 3.85. The molecule has 0 spiro atoms. The van der Waals surface area contributed by atoms with E-state index in [1.807, 2.05) is 95.9 Å². The van der Waals surface area contributed by atoms with Crippen LogP contribution in [-0.4, -0.2) is 26.3 Å². The molecule has 6 rings (SSSR count). The Morgan fingerprint density at radius 2 is 1.42 bits per heavy atom. The van der Waals surface area contributed by atoms with E-state index < -0.39 is 16.3 Å². The van der Waals surface area contributed by atoms with Crippen molar-refractivity contribution in [2.24, 2.45) is 0 Å². The number of aryl methyl sites for hydroxylation is 1. The van der Waals surface area contributed by atoms with Crippen LogP contribution in [0.5, 0.6) is 0 Å². The third-order valence-electron chi connectivity index (χ3n) is 6.53. The van der Waals surface area contributed by atoms with E-state index in [-0.39, 0.29) is 0 Å². The lowest BCUT2D eigenvalue weighted by atomic mass is 9.85. The number of carbonyl (C=O) groups excluding carboxylic acids is 1.